The smallest absolute Gasteiger partial charge is 0.230 e. The van der Waals surface area contributed by atoms with Crippen molar-refractivity contribution in [1.29, 1.82) is 0 Å². The minimum Gasteiger partial charge on any atom is -0.497 e. The third-order valence-corrected chi connectivity index (χ3v) is 8.51. The summed E-state index contributed by atoms with van der Waals surface area (Å²) in [6.07, 6.45) is 3.24. The summed E-state index contributed by atoms with van der Waals surface area (Å²) in [5, 5.41) is 25.6. The molecule has 1 aliphatic rings. The van der Waals surface area contributed by atoms with Crippen LogP contribution in [0.15, 0.2) is 48.5 Å². The number of anilines is 2. The van der Waals surface area contributed by atoms with Crippen LogP contribution in [-0.2, 0) is 22.4 Å². The van der Waals surface area contributed by atoms with Gasteiger partial charge in [0.25, 0.3) is 0 Å². The molecule has 0 saturated heterocycles. The lowest BCUT2D eigenvalue weighted by Gasteiger charge is -2.06. The van der Waals surface area contributed by atoms with E-state index in [2.05, 4.69) is 31.0 Å². The van der Waals surface area contributed by atoms with E-state index >= 15 is 0 Å². The van der Waals surface area contributed by atoms with E-state index in [1.54, 1.807) is 14.2 Å². The molecular formula is C27H28N6O4S2. The fourth-order valence-corrected chi connectivity index (χ4v) is 6.41. The zero-order chi connectivity index (χ0) is 27.2. The van der Waals surface area contributed by atoms with Crippen LogP contribution in [0.25, 0.3) is 0 Å². The quantitative estimate of drug-likeness (QED) is 0.281. The fraction of sp³-hybridized carbons (Fsp3) is 0.333. The molecule has 39 heavy (non-hydrogen) atoms. The van der Waals surface area contributed by atoms with Crippen LogP contribution in [0.5, 0.6) is 11.5 Å². The van der Waals surface area contributed by atoms with Crippen molar-refractivity contribution in [1.82, 2.24) is 20.4 Å². The van der Waals surface area contributed by atoms with Crippen molar-refractivity contribution in [3.63, 3.8) is 0 Å². The lowest BCUT2D eigenvalue weighted by molar-refractivity contribution is -0.116. The summed E-state index contributed by atoms with van der Waals surface area (Å²) >= 11 is 2.83. The number of ether oxygens (including phenoxy) is 2. The predicted molar refractivity (Wildman–Crippen MR) is 150 cm³/mol. The highest BCUT2D eigenvalue weighted by atomic mass is 32.1. The first kappa shape index (κ1) is 26.7. The Morgan fingerprint density at radius 1 is 0.769 bits per heavy atom. The molecule has 0 radical (unpaired) electrons. The molecule has 202 valence electrons. The second-order valence-electron chi connectivity index (χ2n) is 9.25. The number of carbonyl (C=O) groups excluding carboxylic acids is 2. The predicted octanol–water partition coefficient (Wildman–Crippen LogP) is 4.82. The van der Waals surface area contributed by atoms with Crippen molar-refractivity contribution in [2.75, 3.05) is 24.9 Å². The van der Waals surface area contributed by atoms with Crippen molar-refractivity contribution >= 4 is 44.8 Å². The van der Waals surface area contributed by atoms with E-state index < -0.39 is 0 Å². The van der Waals surface area contributed by atoms with Gasteiger partial charge >= 0.3 is 0 Å². The number of benzene rings is 2. The van der Waals surface area contributed by atoms with Gasteiger partial charge in [-0.15, -0.1) is 20.4 Å². The first-order chi connectivity index (χ1) is 19.0. The first-order valence-corrected chi connectivity index (χ1v) is 14.1. The van der Waals surface area contributed by atoms with Gasteiger partial charge < -0.3 is 20.1 Å². The van der Waals surface area contributed by atoms with E-state index in [0.717, 1.165) is 40.4 Å². The van der Waals surface area contributed by atoms with Crippen LogP contribution >= 0.6 is 22.7 Å². The van der Waals surface area contributed by atoms with Gasteiger partial charge in [-0.1, -0.05) is 46.9 Å². The van der Waals surface area contributed by atoms with E-state index in [0.29, 0.717) is 21.8 Å². The highest BCUT2D eigenvalue weighted by molar-refractivity contribution is 7.15. The molecule has 2 aromatic carbocycles. The van der Waals surface area contributed by atoms with Crippen LogP contribution in [0, 0.1) is 0 Å². The van der Waals surface area contributed by atoms with Gasteiger partial charge in [0, 0.05) is 11.8 Å². The number of carbonyl (C=O) groups is 2. The summed E-state index contributed by atoms with van der Waals surface area (Å²) < 4.78 is 10.4. The molecule has 0 spiro atoms. The maximum Gasteiger partial charge on any atom is 0.230 e. The Balaban J connectivity index is 1.12. The first-order valence-electron chi connectivity index (χ1n) is 12.5. The molecule has 2 aromatic heterocycles. The standard InChI is InChI=1S/C27H28N6O4S2/c1-36-20-7-3-5-16(11-20)13-22(34)28-26-32-30-24(38-26)18-9-10-19(15-18)25-31-33-27(39-25)29-23(35)14-17-6-4-8-21(12-17)37-2/h3-8,11-12,18-19H,9-10,13-15H2,1-2H3,(H,28,32,34)(H,29,33,35)/t18-,19-/m0/s1. The largest absolute Gasteiger partial charge is 0.497 e. The maximum absolute atomic E-state index is 12.5. The summed E-state index contributed by atoms with van der Waals surface area (Å²) in [6.45, 7) is 0. The average Bonchev–Trinajstić information content (AvgIpc) is 3.70. The molecule has 4 aromatic rings. The molecule has 0 aliphatic heterocycles. The third kappa shape index (κ3) is 6.95. The SMILES string of the molecule is COc1cccc(CC(=O)Nc2nnc([C@H]3CC[C@H](c4nnc(NC(=O)Cc5cccc(OC)c5)s4)C3)s2)c1. The van der Waals surface area contributed by atoms with Crippen LogP contribution in [0.2, 0.25) is 0 Å². The monoisotopic (exact) mass is 564 g/mol. The maximum atomic E-state index is 12.5. The molecule has 2 amide bonds. The van der Waals surface area contributed by atoms with Crippen LogP contribution < -0.4 is 20.1 Å². The van der Waals surface area contributed by atoms with E-state index in [4.69, 9.17) is 9.47 Å². The van der Waals surface area contributed by atoms with Crippen molar-refractivity contribution in [2.24, 2.45) is 0 Å². The third-order valence-electron chi connectivity index (χ3n) is 6.50. The lowest BCUT2D eigenvalue weighted by Crippen LogP contribution is -2.14. The van der Waals surface area contributed by atoms with Crippen molar-refractivity contribution in [3.8, 4) is 11.5 Å². The number of rotatable bonds is 10. The molecular weight excluding hydrogens is 536 g/mol. The zero-order valence-electron chi connectivity index (χ0n) is 21.5. The number of hydrogen-bond donors (Lipinski definition) is 2. The van der Waals surface area contributed by atoms with Crippen molar-refractivity contribution in [2.45, 2.75) is 43.9 Å². The van der Waals surface area contributed by atoms with Gasteiger partial charge in [0.2, 0.25) is 22.1 Å². The molecule has 10 nitrogen and oxygen atoms in total. The molecule has 12 heteroatoms. The van der Waals surface area contributed by atoms with E-state index in [9.17, 15) is 9.59 Å². The summed E-state index contributed by atoms with van der Waals surface area (Å²) in [5.41, 5.74) is 1.73. The average molecular weight is 565 g/mol. The van der Waals surface area contributed by atoms with Gasteiger partial charge in [-0.25, -0.2) is 0 Å². The summed E-state index contributed by atoms with van der Waals surface area (Å²) in [6, 6.07) is 14.9. The second-order valence-corrected chi connectivity index (χ2v) is 11.3. The molecule has 2 N–H and O–H groups in total. The molecule has 1 aliphatic carbocycles. The van der Waals surface area contributed by atoms with Crippen LogP contribution in [-0.4, -0.2) is 46.4 Å². The summed E-state index contributed by atoms with van der Waals surface area (Å²) in [4.78, 5) is 25.0. The fourth-order valence-electron chi connectivity index (χ4n) is 4.59. The molecule has 1 saturated carbocycles. The number of hydrogen-bond acceptors (Lipinski definition) is 10. The van der Waals surface area contributed by atoms with Crippen LogP contribution in [0.4, 0.5) is 10.3 Å². The van der Waals surface area contributed by atoms with Crippen LogP contribution in [0.1, 0.15) is 52.2 Å². The normalized spacial score (nSPS) is 16.6. The van der Waals surface area contributed by atoms with Crippen LogP contribution in [0.3, 0.4) is 0 Å². The van der Waals surface area contributed by atoms with Crippen molar-refractivity contribution < 1.29 is 19.1 Å². The van der Waals surface area contributed by atoms with Gasteiger partial charge in [-0.3, -0.25) is 9.59 Å². The van der Waals surface area contributed by atoms with Gasteiger partial charge in [0.05, 0.1) is 27.1 Å². The molecule has 5 rings (SSSR count). The van der Waals surface area contributed by atoms with Gasteiger partial charge in [0.15, 0.2) is 0 Å². The Hall–Kier alpha value is -3.90. The number of aromatic nitrogens is 4. The minimum atomic E-state index is -0.148. The summed E-state index contributed by atoms with van der Waals surface area (Å²) in [7, 11) is 3.20. The number of amides is 2. The Labute approximate surface area is 233 Å². The van der Waals surface area contributed by atoms with Crippen molar-refractivity contribution in [3.05, 3.63) is 69.7 Å². The number of nitrogens with one attached hydrogen (secondary N) is 2. The van der Waals surface area contributed by atoms with E-state index in [-0.39, 0.29) is 36.5 Å². The van der Waals surface area contributed by atoms with Gasteiger partial charge in [0.1, 0.15) is 21.5 Å². The molecule has 0 unspecified atom stereocenters. The Kier molecular flexibility index (Phi) is 8.42. The molecule has 1 fully saturated rings. The van der Waals surface area contributed by atoms with E-state index in [1.807, 2.05) is 48.5 Å². The molecule has 2 heterocycles. The Bertz CT molecular complexity index is 1350. The van der Waals surface area contributed by atoms with Gasteiger partial charge in [-0.2, -0.15) is 0 Å². The Morgan fingerprint density at radius 2 is 1.23 bits per heavy atom. The highest BCUT2D eigenvalue weighted by Gasteiger charge is 2.32. The van der Waals surface area contributed by atoms with E-state index in [1.165, 1.54) is 22.7 Å². The number of methoxy groups -OCH3 is 2. The zero-order valence-corrected chi connectivity index (χ0v) is 23.2. The summed E-state index contributed by atoms with van der Waals surface area (Å²) in [5.74, 6) is 1.62. The number of nitrogens with zero attached hydrogens (tertiary/aromatic N) is 4. The Morgan fingerprint density at radius 3 is 1.67 bits per heavy atom. The molecule has 0 bridgehead atoms. The molecule has 2 atom stereocenters. The minimum absolute atomic E-state index is 0.148. The lowest BCUT2D eigenvalue weighted by atomic mass is 10.1. The van der Waals surface area contributed by atoms with Gasteiger partial charge in [-0.05, 0) is 54.7 Å². The topological polar surface area (TPSA) is 128 Å². The highest BCUT2D eigenvalue weighted by Crippen LogP contribution is 2.45. The second kappa shape index (κ2) is 12.3.